The van der Waals surface area contributed by atoms with Gasteiger partial charge in [-0.1, -0.05) is 0 Å². The van der Waals surface area contributed by atoms with Crippen molar-refractivity contribution in [3.8, 4) is 11.8 Å². The van der Waals surface area contributed by atoms with Gasteiger partial charge in [-0.15, -0.1) is 0 Å². The first kappa shape index (κ1) is 17.8. The van der Waals surface area contributed by atoms with Crippen LogP contribution in [-0.2, 0) is 9.53 Å². The van der Waals surface area contributed by atoms with Gasteiger partial charge in [0.25, 0.3) is 5.91 Å². The fourth-order valence-corrected chi connectivity index (χ4v) is 2.36. The highest BCUT2D eigenvalue weighted by Gasteiger charge is 2.43. The van der Waals surface area contributed by atoms with Crippen LogP contribution in [0.3, 0.4) is 0 Å². The van der Waals surface area contributed by atoms with E-state index in [0.29, 0.717) is 11.3 Å². The molecule has 1 saturated carbocycles. The number of rotatable bonds is 7. The topological polar surface area (TPSA) is 88.4 Å². The zero-order chi connectivity index (χ0) is 17.7. The van der Waals surface area contributed by atoms with Crippen molar-refractivity contribution in [3.63, 3.8) is 0 Å². The van der Waals surface area contributed by atoms with E-state index in [1.165, 1.54) is 0 Å². The lowest BCUT2D eigenvalue weighted by atomic mass is 9.98. The van der Waals surface area contributed by atoms with Crippen LogP contribution in [0.1, 0.15) is 44.0 Å². The van der Waals surface area contributed by atoms with E-state index < -0.39 is 24.0 Å². The average molecular weight is 330 g/mol. The maximum Gasteiger partial charge on any atom is 0.338 e. The molecule has 1 aromatic carbocycles. The van der Waals surface area contributed by atoms with E-state index in [9.17, 15) is 14.9 Å². The summed E-state index contributed by atoms with van der Waals surface area (Å²) in [6.07, 6.45) is 1.90. The number of nitrogens with zero attached hydrogens (tertiary/aromatic N) is 1. The number of carbonyl (C=O) groups is 2. The number of benzene rings is 1. The van der Waals surface area contributed by atoms with Crippen molar-refractivity contribution in [2.45, 2.75) is 45.3 Å². The molecule has 0 spiro atoms. The molecule has 0 radical (unpaired) electrons. The van der Waals surface area contributed by atoms with Crippen molar-refractivity contribution in [2.75, 3.05) is 6.61 Å². The Bertz CT molecular complexity index is 644. The molecule has 1 fully saturated rings. The molecule has 1 N–H and O–H groups in total. The molecule has 0 saturated heterocycles. The minimum Gasteiger partial charge on any atom is -0.491 e. The zero-order valence-corrected chi connectivity index (χ0v) is 14.2. The molecule has 0 aliphatic heterocycles. The molecule has 0 bridgehead atoms. The van der Waals surface area contributed by atoms with E-state index in [0.717, 1.165) is 12.8 Å². The van der Waals surface area contributed by atoms with Gasteiger partial charge in [-0.3, -0.25) is 4.79 Å². The van der Waals surface area contributed by atoms with E-state index in [-0.39, 0.29) is 12.0 Å². The highest BCUT2D eigenvalue weighted by atomic mass is 16.5. The first-order chi connectivity index (χ1) is 11.3. The molecule has 1 aliphatic rings. The molecule has 0 aromatic heterocycles. The molecular weight excluding hydrogens is 308 g/mol. The molecular formula is C18H22N2O4. The SMILES string of the molecule is CC(C)Oc1ccc(C(=O)OCC(=O)N[C@@](C)(C#N)C2CC2)cc1. The number of nitriles is 1. The summed E-state index contributed by atoms with van der Waals surface area (Å²) < 4.78 is 10.5. The van der Waals surface area contributed by atoms with Gasteiger partial charge in [0.2, 0.25) is 0 Å². The summed E-state index contributed by atoms with van der Waals surface area (Å²) >= 11 is 0. The fourth-order valence-electron chi connectivity index (χ4n) is 2.36. The Morgan fingerprint density at radius 2 is 1.96 bits per heavy atom. The number of carbonyl (C=O) groups excluding carboxylic acids is 2. The molecule has 24 heavy (non-hydrogen) atoms. The van der Waals surface area contributed by atoms with Crippen LogP contribution in [0.5, 0.6) is 5.75 Å². The van der Waals surface area contributed by atoms with Crippen molar-refractivity contribution in [3.05, 3.63) is 29.8 Å². The maximum absolute atomic E-state index is 12.0. The molecule has 6 heteroatoms. The van der Waals surface area contributed by atoms with Crippen molar-refractivity contribution in [2.24, 2.45) is 5.92 Å². The highest BCUT2D eigenvalue weighted by Crippen LogP contribution is 2.39. The van der Waals surface area contributed by atoms with Crippen molar-refractivity contribution in [1.82, 2.24) is 5.32 Å². The monoisotopic (exact) mass is 330 g/mol. The molecule has 6 nitrogen and oxygen atoms in total. The van der Waals surface area contributed by atoms with E-state index >= 15 is 0 Å². The molecule has 2 rings (SSSR count). The first-order valence-corrected chi connectivity index (χ1v) is 8.00. The summed E-state index contributed by atoms with van der Waals surface area (Å²) in [7, 11) is 0. The molecule has 1 aliphatic carbocycles. The maximum atomic E-state index is 12.0. The first-order valence-electron chi connectivity index (χ1n) is 8.00. The Morgan fingerprint density at radius 3 is 2.46 bits per heavy atom. The van der Waals surface area contributed by atoms with Gasteiger partial charge in [0.1, 0.15) is 11.3 Å². The van der Waals surface area contributed by atoms with Gasteiger partial charge in [0.15, 0.2) is 6.61 Å². The highest BCUT2D eigenvalue weighted by molar-refractivity contribution is 5.91. The standard InChI is InChI=1S/C18H22N2O4/c1-12(2)24-15-8-4-13(5-9-15)17(22)23-10-16(21)20-18(3,11-19)14-6-7-14/h4-5,8-9,12,14H,6-7,10H2,1-3H3,(H,20,21)/t18-/m0/s1. The van der Waals surface area contributed by atoms with E-state index in [2.05, 4.69) is 11.4 Å². The fraction of sp³-hybridized carbons (Fsp3) is 0.500. The molecule has 0 unspecified atom stereocenters. The number of ether oxygens (including phenoxy) is 2. The molecule has 0 heterocycles. The lowest BCUT2D eigenvalue weighted by Crippen LogP contribution is -2.48. The van der Waals surface area contributed by atoms with Crippen LogP contribution in [0.25, 0.3) is 0 Å². The van der Waals surface area contributed by atoms with Gasteiger partial charge < -0.3 is 14.8 Å². The van der Waals surface area contributed by atoms with Gasteiger partial charge in [-0.25, -0.2) is 4.79 Å². The van der Waals surface area contributed by atoms with Crippen molar-refractivity contribution >= 4 is 11.9 Å². The van der Waals surface area contributed by atoms with E-state index in [1.807, 2.05) is 13.8 Å². The quantitative estimate of drug-likeness (QED) is 0.776. The van der Waals surface area contributed by atoms with Gasteiger partial charge in [0.05, 0.1) is 17.7 Å². The number of esters is 1. The van der Waals surface area contributed by atoms with Crippen molar-refractivity contribution in [1.29, 1.82) is 5.26 Å². The summed E-state index contributed by atoms with van der Waals surface area (Å²) in [5.74, 6) is -0.227. The third-order valence-electron chi connectivity index (χ3n) is 3.82. The predicted molar refractivity (Wildman–Crippen MR) is 87.4 cm³/mol. The summed E-state index contributed by atoms with van der Waals surface area (Å²) in [5, 5.41) is 11.8. The average Bonchev–Trinajstić information content (AvgIpc) is 3.38. The molecule has 1 amide bonds. The number of hydrogen-bond donors (Lipinski definition) is 1. The molecule has 128 valence electrons. The largest absolute Gasteiger partial charge is 0.491 e. The van der Waals surface area contributed by atoms with Crippen LogP contribution in [0, 0.1) is 17.2 Å². The van der Waals surface area contributed by atoms with Crippen LogP contribution >= 0.6 is 0 Å². The Hall–Kier alpha value is -2.55. The lowest BCUT2D eigenvalue weighted by molar-refractivity contribution is -0.125. The molecule has 1 aromatic rings. The number of amides is 1. The van der Waals surface area contributed by atoms with Gasteiger partial charge >= 0.3 is 5.97 Å². The second kappa shape index (κ2) is 7.35. The van der Waals surface area contributed by atoms with Gasteiger partial charge in [-0.05, 0) is 63.8 Å². The number of hydrogen-bond acceptors (Lipinski definition) is 5. The van der Waals surface area contributed by atoms with E-state index in [4.69, 9.17) is 9.47 Å². The van der Waals surface area contributed by atoms with Crippen LogP contribution in [0.4, 0.5) is 0 Å². The Kier molecular flexibility index (Phi) is 5.45. The third kappa shape index (κ3) is 4.72. The minimum absolute atomic E-state index is 0.0485. The predicted octanol–water partition coefficient (Wildman–Crippen LogP) is 2.44. The third-order valence-corrected chi connectivity index (χ3v) is 3.82. The Labute approximate surface area is 141 Å². The van der Waals surface area contributed by atoms with Crippen molar-refractivity contribution < 1.29 is 19.1 Å². The van der Waals surface area contributed by atoms with E-state index in [1.54, 1.807) is 31.2 Å². The summed E-state index contributed by atoms with van der Waals surface area (Å²) in [6.45, 7) is 5.11. The smallest absolute Gasteiger partial charge is 0.338 e. The summed E-state index contributed by atoms with van der Waals surface area (Å²) in [4.78, 5) is 23.9. The Morgan fingerprint density at radius 1 is 1.33 bits per heavy atom. The number of nitrogens with one attached hydrogen (secondary N) is 1. The van der Waals surface area contributed by atoms with Gasteiger partial charge in [-0.2, -0.15) is 5.26 Å². The second-order valence-corrected chi connectivity index (χ2v) is 6.40. The Balaban J connectivity index is 1.84. The van der Waals surface area contributed by atoms with Crippen LogP contribution in [0.2, 0.25) is 0 Å². The van der Waals surface area contributed by atoms with Crippen LogP contribution in [0.15, 0.2) is 24.3 Å². The zero-order valence-electron chi connectivity index (χ0n) is 14.2. The van der Waals surface area contributed by atoms with Crippen LogP contribution < -0.4 is 10.1 Å². The second-order valence-electron chi connectivity index (χ2n) is 6.40. The summed E-state index contributed by atoms with van der Waals surface area (Å²) in [5.41, 5.74) is -0.552. The minimum atomic E-state index is -0.890. The van der Waals surface area contributed by atoms with Crippen LogP contribution in [-0.4, -0.2) is 30.1 Å². The lowest BCUT2D eigenvalue weighted by Gasteiger charge is -2.22. The molecule has 1 atom stereocenters. The van der Waals surface area contributed by atoms with Gasteiger partial charge in [0, 0.05) is 0 Å². The normalized spacial score (nSPS) is 16.0. The summed E-state index contributed by atoms with van der Waals surface area (Å²) in [6, 6.07) is 8.65.